The number of carboxylic acid groups (broad SMARTS) is 1. The molecule has 3 aromatic rings. The summed E-state index contributed by atoms with van der Waals surface area (Å²) in [6.45, 7) is 1.19. The molecule has 0 atom stereocenters. The van der Waals surface area contributed by atoms with Gasteiger partial charge in [-0.25, -0.2) is 0 Å². The number of nitrogens with zero attached hydrogens (tertiary/aromatic N) is 1. The van der Waals surface area contributed by atoms with Crippen molar-refractivity contribution in [3.05, 3.63) is 78.5 Å². The fourth-order valence-electron chi connectivity index (χ4n) is 2.86. The fraction of sp³-hybridized carbons (Fsp3) is 0.190. The van der Waals surface area contributed by atoms with Crippen LogP contribution in [0.3, 0.4) is 0 Å². The second-order valence-corrected chi connectivity index (χ2v) is 5.78. The van der Waals surface area contributed by atoms with Crippen LogP contribution in [0.4, 0.5) is 0 Å². The highest BCUT2D eigenvalue weighted by Gasteiger charge is 2.11. The van der Waals surface area contributed by atoms with Gasteiger partial charge in [-0.1, -0.05) is 48.5 Å². The molecule has 0 spiro atoms. The zero-order valence-electron chi connectivity index (χ0n) is 14.0. The van der Waals surface area contributed by atoms with Crippen LogP contribution in [0.2, 0.25) is 0 Å². The minimum atomic E-state index is -0.783. The van der Waals surface area contributed by atoms with E-state index < -0.39 is 5.97 Å². The lowest BCUT2D eigenvalue weighted by atomic mass is 10.1. The first-order valence-corrected chi connectivity index (χ1v) is 8.37. The number of rotatable bonds is 8. The van der Waals surface area contributed by atoms with Gasteiger partial charge < -0.3 is 14.4 Å². The molecule has 0 fully saturated rings. The molecule has 1 aromatic heterocycles. The number of para-hydroxylation sites is 1. The van der Waals surface area contributed by atoms with Crippen LogP contribution < -0.4 is 4.74 Å². The maximum atomic E-state index is 10.9. The van der Waals surface area contributed by atoms with Crippen LogP contribution in [0.1, 0.15) is 12.1 Å². The first kappa shape index (κ1) is 16.8. The van der Waals surface area contributed by atoms with Gasteiger partial charge in [-0.15, -0.1) is 0 Å². The van der Waals surface area contributed by atoms with Crippen molar-refractivity contribution < 1.29 is 14.6 Å². The van der Waals surface area contributed by atoms with Crippen molar-refractivity contribution in [2.75, 3.05) is 6.61 Å². The standard InChI is InChI=1S/C21H21NO3/c23-21(24)14-12-18-11-13-20(17-7-3-1-4-8-17)22(18)15-16-25-19-9-5-2-6-10-19/h1-11,13H,12,14-16H2,(H,23,24). The van der Waals surface area contributed by atoms with Crippen LogP contribution in [0.5, 0.6) is 5.75 Å². The summed E-state index contributed by atoms with van der Waals surface area (Å²) in [5, 5.41) is 8.98. The quantitative estimate of drug-likeness (QED) is 0.669. The Labute approximate surface area is 147 Å². The molecule has 3 rings (SSSR count). The zero-order valence-corrected chi connectivity index (χ0v) is 14.0. The van der Waals surface area contributed by atoms with Crippen LogP contribution in [0.15, 0.2) is 72.8 Å². The van der Waals surface area contributed by atoms with Crippen molar-refractivity contribution >= 4 is 5.97 Å². The number of carbonyl (C=O) groups is 1. The van der Waals surface area contributed by atoms with Gasteiger partial charge in [-0.3, -0.25) is 4.79 Å². The monoisotopic (exact) mass is 335 g/mol. The summed E-state index contributed by atoms with van der Waals surface area (Å²) in [7, 11) is 0. The third-order valence-electron chi connectivity index (χ3n) is 4.06. The molecule has 1 heterocycles. The first-order chi connectivity index (χ1) is 12.2. The minimum Gasteiger partial charge on any atom is -0.492 e. The summed E-state index contributed by atoms with van der Waals surface area (Å²) in [5.74, 6) is 0.0533. The molecule has 4 heteroatoms. The van der Waals surface area contributed by atoms with E-state index in [9.17, 15) is 4.79 Å². The molecule has 0 saturated heterocycles. The average molecular weight is 335 g/mol. The number of hydrogen-bond acceptors (Lipinski definition) is 2. The molecular formula is C21H21NO3. The highest BCUT2D eigenvalue weighted by atomic mass is 16.5. The zero-order chi connectivity index (χ0) is 17.5. The van der Waals surface area contributed by atoms with Crippen molar-refractivity contribution in [2.45, 2.75) is 19.4 Å². The van der Waals surface area contributed by atoms with Crippen LogP contribution in [-0.4, -0.2) is 22.2 Å². The molecule has 0 aliphatic rings. The summed E-state index contributed by atoms with van der Waals surface area (Å²) in [6.07, 6.45) is 0.630. The predicted molar refractivity (Wildman–Crippen MR) is 97.8 cm³/mol. The first-order valence-electron chi connectivity index (χ1n) is 8.37. The Morgan fingerprint density at radius 3 is 2.28 bits per heavy atom. The molecule has 0 amide bonds. The molecule has 2 aromatic carbocycles. The number of hydrogen-bond donors (Lipinski definition) is 1. The van der Waals surface area contributed by atoms with Crippen LogP contribution >= 0.6 is 0 Å². The van der Waals surface area contributed by atoms with E-state index in [1.807, 2.05) is 54.6 Å². The number of aliphatic carboxylic acids is 1. The molecule has 0 aliphatic carbocycles. The molecule has 128 valence electrons. The molecule has 0 unspecified atom stereocenters. The minimum absolute atomic E-state index is 0.123. The molecule has 0 saturated carbocycles. The largest absolute Gasteiger partial charge is 0.492 e. The Kier molecular flexibility index (Phi) is 5.52. The number of aryl methyl sites for hydroxylation is 1. The number of ether oxygens (including phenoxy) is 1. The summed E-state index contributed by atoms with van der Waals surface area (Å²) >= 11 is 0. The van der Waals surface area contributed by atoms with Crippen molar-refractivity contribution in [3.63, 3.8) is 0 Å². The van der Waals surface area contributed by atoms with Crippen LogP contribution in [0.25, 0.3) is 11.3 Å². The second-order valence-electron chi connectivity index (χ2n) is 5.78. The molecule has 0 aliphatic heterocycles. The van der Waals surface area contributed by atoms with Crippen molar-refractivity contribution in [1.29, 1.82) is 0 Å². The summed E-state index contributed by atoms with van der Waals surface area (Å²) in [5.41, 5.74) is 3.21. The van der Waals surface area contributed by atoms with Gasteiger partial charge >= 0.3 is 5.97 Å². The number of benzene rings is 2. The summed E-state index contributed by atoms with van der Waals surface area (Å²) < 4.78 is 7.97. The van der Waals surface area contributed by atoms with Gasteiger partial charge in [0.15, 0.2) is 0 Å². The molecule has 4 nitrogen and oxygen atoms in total. The Hall–Kier alpha value is -3.01. The smallest absolute Gasteiger partial charge is 0.303 e. The van der Waals surface area contributed by atoms with Crippen molar-refractivity contribution in [1.82, 2.24) is 4.57 Å². The molecule has 0 bridgehead atoms. The van der Waals surface area contributed by atoms with E-state index in [1.165, 1.54) is 0 Å². The highest BCUT2D eigenvalue weighted by molar-refractivity contribution is 5.67. The fourth-order valence-corrected chi connectivity index (χ4v) is 2.86. The van der Waals surface area contributed by atoms with E-state index in [4.69, 9.17) is 9.84 Å². The summed E-state index contributed by atoms with van der Waals surface area (Å²) in [6, 6.07) is 23.9. The van der Waals surface area contributed by atoms with Gasteiger partial charge in [-0.05, 0) is 36.2 Å². The third kappa shape index (κ3) is 4.51. The topological polar surface area (TPSA) is 51.5 Å². The lowest BCUT2D eigenvalue weighted by Gasteiger charge is -2.14. The van der Waals surface area contributed by atoms with Gasteiger partial charge in [0.2, 0.25) is 0 Å². The van der Waals surface area contributed by atoms with Crippen LogP contribution in [0, 0.1) is 0 Å². The highest BCUT2D eigenvalue weighted by Crippen LogP contribution is 2.23. The van der Waals surface area contributed by atoms with Crippen molar-refractivity contribution in [3.8, 4) is 17.0 Å². The predicted octanol–water partition coefficient (Wildman–Crippen LogP) is 4.25. The SMILES string of the molecule is O=C(O)CCc1ccc(-c2ccccc2)n1CCOc1ccccc1. The lowest BCUT2D eigenvalue weighted by Crippen LogP contribution is -2.13. The molecule has 1 N–H and O–H groups in total. The van der Waals surface area contributed by atoms with Crippen LogP contribution in [-0.2, 0) is 17.8 Å². The molecule has 0 radical (unpaired) electrons. The van der Waals surface area contributed by atoms with Gasteiger partial charge in [0.1, 0.15) is 12.4 Å². The van der Waals surface area contributed by atoms with E-state index in [-0.39, 0.29) is 6.42 Å². The Morgan fingerprint density at radius 2 is 1.60 bits per heavy atom. The van der Waals surface area contributed by atoms with E-state index >= 15 is 0 Å². The average Bonchev–Trinajstić information content (AvgIpc) is 3.04. The Balaban J connectivity index is 1.78. The third-order valence-corrected chi connectivity index (χ3v) is 4.06. The lowest BCUT2D eigenvalue weighted by molar-refractivity contribution is -0.136. The Bertz CT molecular complexity index is 810. The van der Waals surface area contributed by atoms with Gasteiger partial charge in [0.25, 0.3) is 0 Å². The number of carboxylic acids is 1. The summed E-state index contributed by atoms with van der Waals surface area (Å²) in [4.78, 5) is 10.9. The maximum absolute atomic E-state index is 10.9. The molecular weight excluding hydrogens is 314 g/mol. The normalized spacial score (nSPS) is 10.6. The van der Waals surface area contributed by atoms with Gasteiger partial charge in [-0.2, -0.15) is 0 Å². The van der Waals surface area contributed by atoms with E-state index in [0.717, 1.165) is 22.7 Å². The van der Waals surface area contributed by atoms with E-state index in [0.29, 0.717) is 19.6 Å². The van der Waals surface area contributed by atoms with Gasteiger partial charge in [0, 0.05) is 11.4 Å². The number of aromatic nitrogens is 1. The van der Waals surface area contributed by atoms with E-state index in [2.05, 4.69) is 22.8 Å². The Morgan fingerprint density at radius 1 is 0.920 bits per heavy atom. The van der Waals surface area contributed by atoms with E-state index in [1.54, 1.807) is 0 Å². The maximum Gasteiger partial charge on any atom is 0.303 e. The molecule has 25 heavy (non-hydrogen) atoms. The van der Waals surface area contributed by atoms with Crippen molar-refractivity contribution in [2.24, 2.45) is 0 Å². The second kappa shape index (κ2) is 8.20. The van der Waals surface area contributed by atoms with Gasteiger partial charge in [0.05, 0.1) is 13.0 Å².